The first-order chi connectivity index (χ1) is 13.8. The Balaban J connectivity index is 1.26. The first-order valence-electron chi connectivity index (χ1n) is 9.47. The lowest BCUT2D eigenvalue weighted by atomic mass is 10.0. The van der Waals surface area contributed by atoms with Crippen molar-refractivity contribution in [3.63, 3.8) is 0 Å². The number of nitrogens with one attached hydrogen (secondary N) is 2. The minimum Gasteiger partial charge on any atom is -0.348 e. The number of piperidine rings is 1. The molecular formula is C21H23N5OS. The lowest BCUT2D eigenvalue weighted by Crippen LogP contribution is -2.44. The van der Waals surface area contributed by atoms with Gasteiger partial charge in [-0.25, -0.2) is 9.97 Å². The summed E-state index contributed by atoms with van der Waals surface area (Å²) in [6.07, 6.45) is 3.64. The van der Waals surface area contributed by atoms with E-state index in [2.05, 4.69) is 49.8 Å². The molecule has 1 aliphatic rings. The molecule has 0 bridgehead atoms. The highest BCUT2D eigenvalue weighted by molar-refractivity contribution is 7.14. The zero-order chi connectivity index (χ0) is 19.2. The zero-order valence-electron chi connectivity index (χ0n) is 15.5. The summed E-state index contributed by atoms with van der Waals surface area (Å²) in [5.41, 5.74) is 1.79. The quantitative estimate of drug-likeness (QED) is 0.669. The van der Waals surface area contributed by atoms with Gasteiger partial charge in [-0.2, -0.15) is 0 Å². The molecule has 4 rings (SSSR count). The van der Waals surface area contributed by atoms with E-state index in [1.807, 2.05) is 24.3 Å². The Bertz CT molecular complexity index is 891. The van der Waals surface area contributed by atoms with Crippen LogP contribution in [0.2, 0.25) is 0 Å². The zero-order valence-corrected chi connectivity index (χ0v) is 16.4. The van der Waals surface area contributed by atoms with Crippen LogP contribution in [0.4, 0.5) is 10.9 Å². The van der Waals surface area contributed by atoms with Crippen molar-refractivity contribution in [1.82, 2.24) is 20.2 Å². The molecule has 0 radical (unpaired) electrons. The van der Waals surface area contributed by atoms with Crippen molar-refractivity contribution in [2.24, 2.45) is 0 Å². The maximum atomic E-state index is 12.5. The second kappa shape index (κ2) is 8.95. The Hall–Kier alpha value is -2.77. The molecule has 1 aromatic carbocycles. The number of aromatic nitrogens is 2. The molecule has 28 heavy (non-hydrogen) atoms. The van der Waals surface area contributed by atoms with Gasteiger partial charge in [0.1, 0.15) is 11.5 Å². The number of carbonyl (C=O) groups is 1. The average molecular weight is 394 g/mol. The van der Waals surface area contributed by atoms with Gasteiger partial charge in [-0.3, -0.25) is 9.69 Å². The lowest BCUT2D eigenvalue weighted by molar-refractivity contribution is 0.0904. The number of rotatable bonds is 6. The van der Waals surface area contributed by atoms with Crippen LogP contribution in [0, 0.1) is 0 Å². The number of amides is 1. The van der Waals surface area contributed by atoms with Gasteiger partial charge in [0.15, 0.2) is 5.13 Å². The maximum Gasteiger partial charge on any atom is 0.271 e. The van der Waals surface area contributed by atoms with E-state index in [4.69, 9.17) is 0 Å². The van der Waals surface area contributed by atoms with E-state index in [0.717, 1.165) is 38.3 Å². The standard InChI is InChI=1S/C21H23N5OS/c27-20(18-15-28-21(24-18)25-19-8-4-5-11-22-19)23-17-9-12-26(13-10-17)14-16-6-2-1-3-7-16/h1-8,11,15,17H,9-10,12-14H2,(H,23,27)(H,22,24,25). The summed E-state index contributed by atoms with van der Waals surface area (Å²) >= 11 is 1.41. The topological polar surface area (TPSA) is 70.2 Å². The lowest BCUT2D eigenvalue weighted by Gasteiger charge is -2.32. The third-order valence-electron chi connectivity index (χ3n) is 4.81. The molecule has 2 N–H and O–H groups in total. The molecular weight excluding hydrogens is 370 g/mol. The van der Waals surface area contributed by atoms with Crippen molar-refractivity contribution in [1.29, 1.82) is 0 Å². The normalized spacial score (nSPS) is 15.3. The van der Waals surface area contributed by atoms with Gasteiger partial charge in [0, 0.05) is 37.3 Å². The van der Waals surface area contributed by atoms with Crippen LogP contribution in [-0.4, -0.2) is 39.9 Å². The van der Waals surface area contributed by atoms with E-state index in [9.17, 15) is 4.79 Å². The Morgan fingerprint density at radius 1 is 1.11 bits per heavy atom. The number of pyridine rings is 1. The van der Waals surface area contributed by atoms with E-state index in [-0.39, 0.29) is 11.9 Å². The smallest absolute Gasteiger partial charge is 0.271 e. The summed E-state index contributed by atoms with van der Waals surface area (Å²) in [6, 6.07) is 16.3. The number of carbonyl (C=O) groups excluding carboxylic acids is 1. The molecule has 0 saturated carbocycles. The van der Waals surface area contributed by atoms with Crippen molar-refractivity contribution in [3.05, 3.63) is 71.4 Å². The van der Waals surface area contributed by atoms with Crippen molar-refractivity contribution in [3.8, 4) is 0 Å². The summed E-state index contributed by atoms with van der Waals surface area (Å²) < 4.78 is 0. The highest BCUT2D eigenvalue weighted by Gasteiger charge is 2.22. The van der Waals surface area contributed by atoms with Crippen molar-refractivity contribution in [2.75, 3.05) is 18.4 Å². The Labute approximate surface area is 168 Å². The number of nitrogens with zero attached hydrogens (tertiary/aromatic N) is 3. The van der Waals surface area contributed by atoms with Gasteiger partial charge in [0.05, 0.1) is 0 Å². The van der Waals surface area contributed by atoms with Crippen molar-refractivity contribution < 1.29 is 4.79 Å². The van der Waals surface area contributed by atoms with Crippen LogP contribution in [0.3, 0.4) is 0 Å². The first-order valence-corrected chi connectivity index (χ1v) is 10.3. The van der Waals surface area contributed by atoms with Crippen LogP contribution in [0.15, 0.2) is 60.1 Å². The fraction of sp³-hybridized carbons (Fsp3) is 0.286. The second-order valence-electron chi connectivity index (χ2n) is 6.89. The predicted octanol–water partition coefficient (Wildman–Crippen LogP) is 3.68. The fourth-order valence-corrected chi connectivity index (χ4v) is 4.02. The third kappa shape index (κ3) is 4.94. The average Bonchev–Trinajstić information content (AvgIpc) is 3.20. The van der Waals surface area contributed by atoms with E-state index in [1.165, 1.54) is 16.9 Å². The molecule has 144 valence electrons. The molecule has 2 aromatic heterocycles. The summed E-state index contributed by atoms with van der Waals surface area (Å²) in [7, 11) is 0. The molecule has 0 spiro atoms. The Morgan fingerprint density at radius 3 is 2.64 bits per heavy atom. The molecule has 1 amide bonds. The molecule has 1 saturated heterocycles. The van der Waals surface area contributed by atoms with Crippen LogP contribution in [0.25, 0.3) is 0 Å². The SMILES string of the molecule is O=C(NC1CCN(Cc2ccccc2)CC1)c1csc(Nc2ccccn2)n1. The molecule has 3 aromatic rings. The number of hydrogen-bond donors (Lipinski definition) is 2. The van der Waals surface area contributed by atoms with Crippen LogP contribution in [0.1, 0.15) is 28.9 Å². The molecule has 7 heteroatoms. The van der Waals surface area contributed by atoms with E-state index in [1.54, 1.807) is 11.6 Å². The van der Waals surface area contributed by atoms with Crippen LogP contribution in [0.5, 0.6) is 0 Å². The fourth-order valence-electron chi connectivity index (χ4n) is 3.32. The minimum absolute atomic E-state index is 0.105. The first kappa shape index (κ1) is 18.6. The number of anilines is 2. The largest absolute Gasteiger partial charge is 0.348 e. The van der Waals surface area contributed by atoms with Gasteiger partial charge in [0.25, 0.3) is 5.91 Å². The predicted molar refractivity (Wildman–Crippen MR) is 112 cm³/mol. The summed E-state index contributed by atoms with van der Waals surface area (Å²) in [5, 5.41) is 8.70. The molecule has 0 atom stereocenters. The summed E-state index contributed by atoms with van der Waals surface area (Å²) in [5.74, 6) is 0.612. The van der Waals surface area contributed by atoms with Crippen molar-refractivity contribution >= 4 is 28.2 Å². The molecule has 0 unspecified atom stereocenters. The maximum absolute atomic E-state index is 12.5. The summed E-state index contributed by atoms with van der Waals surface area (Å²) in [6.45, 7) is 2.95. The van der Waals surface area contributed by atoms with Gasteiger partial charge in [-0.15, -0.1) is 11.3 Å². The van der Waals surface area contributed by atoms with Gasteiger partial charge >= 0.3 is 0 Å². The number of hydrogen-bond acceptors (Lipinski definition) is 6. The van der Waals surface area contributed by atoms with Gasteiger partial charge in [0.2, 0.25) is 0 Å². The van der Waals surface area contributed by atoms with Crippen LogP contribution < -0.4 is 10.6 Å². The molecule has 3 heterocycles. The van der Waals surface area contributed by atoms with Crippen molar-refractivity contribution in [2.45, 2.75) is 25.4 Å². The number of likely N-dealkylation sites (tertiary alicyclic amines) is 1. The van der Waals surface area contributed by atoms with E-state index < -0.39 is 0 Å². The monoisotopic (exact) mass is 393 g/mol. The molecule has 1 aliphatic heterocycles. The van der Waals surface area contributed by atoms with E-state index in [0.29, 0.717) is 10.8 Å². The van der Waals surface area contributed by atoms with Crippen LogP contribution in [-0.2, 0) is 6.54 Å². The van der Waals surface area contributed by atoms with Gasteiger partial charge in [-0.05, 0) is 30.5 Å². The third-order valence-corrected chi connectivity index (χ3v) is 5.57. The molecule has 0 aliphatic carbocycles. The second-order valence-corrected chi connectivity index (χ2v) is 7.75. The Morgan fingerprint density at radius 2 is 1.89 bits per heavy atom. The highest BCUT2D eigenvalue weighted by atomic mass is 32.1. The van der Waals surface area contributed by atoms with Gasteiger partial charge in [-0.1, -0.05) is 36.4 Å². The van der Waals surface area contributed by atoms with Crippen LogP contribution >= 0.6 is 11.3 Å². The van der Waals surface area contributed by atoms with Gasteiger partial charge < -0.3 is 10.6 Å². The number of thiazole rings is 1. The summed E-state index contributed by atoms with van der Waals surface area (Å²) in [4.78, 5) is 23.6. The molecule has 1 fully saturated rings. The minimum atomic E-state index is -0.105. The van der Waals surface area contributed by atoms with E-state index >= 15 is 0 Å². The Kier molecular flexibility index (Phi) is 5.94. The highest BCUT2D eigenvalue weighted by Crippen LogP contribution is 2.20. The molecule has 6 nitrogen and oxygen atoms in total. The number of benzene rings is 1.